The molecule has 124 valence electrons. The minimum atomic E-state index is 0. The number of carbonyl (C=O) groups is 1. The van der Waals surface area contributed by atoms with Gasteiger partial charge in [-0.15, -0.1) is 12.4 Å². The Morgan fingerprint density at radius 2 is 2.14 bits per heavy atom. The summed E-state index contributed by atoms with van der Waals surface area (Å²) in [4.78, 5) is 14.8. The van der Waals surface area contributed by atoms with Crippen molar-refractivity contribution < 1.29 is 4.79 Å². The predicted molar refractivity (Wildman–Crippen MR) is 89.9 cm³/mol. The molecule has 2 heterocycles. The maximum absolute atomic E-state index is 12.2. The third-order valence-corrected chi connectivity index (χ3v) is 4.88. The topological polar surface area (TPSA) is 44.4 Å². The summed E-state index contributed by atoms with van der Waals surface area (Å²) in [6.45, 7) is 10.9. The fourth-order valence-electron chi connectivity index (χ4n) is 3.52. The van der Waals surface area contributed by atoms with Crippen molar-refractivity contribution in [3.05, 3.63) is 0 Å². The van der Waals surface area contributed by atoms with Crippen LogP contribution in [0.15, 0.2) is 0 Å². The van der Waals surface area contributed by atoms with Crippen molar-refractivity contribution in [3.63, 3.8) is 0 Å². The highest BCUT2D eigenvalue weighted by atomic mass is 35.5. The lowest BCUT2D eigenvalue weighted by Crippen LogP contribution is -2.48. The smallest absolute Gasteiger partial charge is 0.223 e. The zero-order valence-corrected chi connectivity index (χ0v) is 14.5. The molecule has 4 nitrogen and oxygen atoms in total. The standard InChI is InChI=1S/C16H31N3O.ClH/c1-12-5-4-8-19(11-12)14(3)10-18-16(20)15-6-7-17-13(2)9-15;/h12-15,17H,4-11H2,1-3H3,(H,18,20);1H/t12?,13-,14?,15-;/m0./s1. The first kappa shape index (κ1) is 18.7. The van der Waals surface area contributed by atoms with Gasteiger partial charge in [-0.25, -0.2) is 0 Å². The van der Waals surface area contributed by atoms with Crippen molar-refractivity contribution in [1.29, 1.82) is 0 Å². The molecule has 1 amide bonds. The molecule has 4 atom stereocenters. The monoisotopic (exact) mass is 317 g/mol. The zero-order valence-electron chi connectivity index (χ0n) is 13.7. The number of rotatable bonds is 4. The second kappa shape index (κ2) is 8.96. The molecule has 2 saturated heterocycles. The number of hydrogen-bond acceptors (Lipinski definition) is 3. The molecule has 2 N–H and O–H groups in total. The molecule has 0 aliphatic carbocycles. The van der Waals surface area contributed by atoms with Gasteiger partial charge in [-0.1, -0.05) is 6.92 Å². The molecule has 0 bridgehead atoms. The predicted octanol–water partition coefficient (Wildman–Crippen LogP) is 2.03. The lowest BCUT2D eigenvalue weighted by Gasteiger charge is -2.36. The maximum atomic E-state index is 12.2. The molecule has 21 heavy (non-hydrogen) atoms. The Morgan fingerprint density at radius 3 is 2.81 bits per heavy atom. The number of amides is 1. The van der Waals surface area contributed by atoms with Crippen LogP contribution in [-0.2, 0) is 4.79 Å². The van der Waals surface area contributed by atoms with E-state index in [2.05, 4.69) is 36.3 Å². The molecule has 0 radical (unpaired) electrons. The molecule has 2 unspecified atom stereocenters. The first-order valence-electron chi connectivity index (χ1n) is 8.31. The second-order valence-corrected chi connectivity index (χ2v) is 6.91. The highest BCUT2D eigenvalue weighted by Gasteiger charge is 2.26. The lowest BCUT2D eigenvalue weighted by molar-refractivity contribution is -0.126. The van der Waals surface area contributed by atoms with Crippen LogP contribution in [0.5, 0.6) is 0 Å². The molecular formula is C16H32ClN3O. The number of piperidine rings is 2. The van der Waals surface area contributed by atoms with Crippen molar-refractivity contribution in [2.24, 2.45) is 11.8 Å². The quantitative estimate of drug-likeness (QED) is 0.834. The van der Waals surface area contributed by atoms with E-state index in [1.54, 1.807) is 0 Å². The van der Waals surface area contributed by atoms with E-state index in [9.17, 15) is 4.79 Å². The average molecular weight is 318 g/mol. The third-order valence-electron chi connectivity index (χ3n) is 4.88. The Balaban J connectivity index is 0.00000220. The van der Waals surface area contributed by atoms with Crippen LogP contribution in [0, 0.1) is 11.8 Å². The Hall–Kier alpha value is -0.320. The molecule has 0 saturated carbocycles. The van der Waals surface area contributed by atoms with E-state index in [-0.39, 0.29) is 24.2 Å². The van der Waals surface area contributed by atoms with Crippen molar-refractivity contribution in [2.45, 2.75) is 58.5 Å². The lowest BCUT2D eigenvalue weighted by atomic mass is 9.92. The van der Waals surface area contributed by atoms with Crippen molar-refractivity contribution in [1.82, 2.24) is 15.5 Å². The van der Waals surface area contributed by atoms with E-state index < -0.39 is 0 Å². The van der Waals surface area contributed by atoms with Crippen molar-refractivity contribution in [2.75, 3.05) is 26.2 Å². The number of nitrogens with one attached hydrogen (secondary N) is 2. The number of likely N-dealkylation sites (tertiary alicyclic amines) is 1. The van der Waals surface area contributed by atoms with Crippen LogP contribution in [0.25, 0.3) is 0 Å². The highest BCUT2D eigenvalue weighted by Crippen LogP contribution is 2.18. The summed E-state index contributed by atoms with van der Waals surface area (Å²) in [6, 6.07) is 0.931. The molecule has 0 aromatic heterocycles. The summed E-state index contributed by atoms with van der Waals surface area (Å²) in [5.74, 6) is 1.26. The Bertz CT molecular complexity index is 327. The maximum Gasteiger partial charge on any atom is 0.223 e. The first-order chi connectivity index (χ1) is 9.56. The van der Waals surface area contributed by atoms with Crippen LogP contribution < -0.4 is 10.6 Å². The summed E-state index contributed by atoms with van der Waals surface area (Å²) in [7, 11) is 0. The summed E-state index contributed by atoms with van der Waals surface area (Å²) in [6.07, 6.45) is 4.60. The molecule has 2 aliphatic rings. The summed E-state index contributed by atoms with van der Waals surface area (Å²) in [5, 5.41) is 6.58. The van der Waals surface area contributed by atoms with Crippen LogP contribution >= 0.6 is 12.4 Å². The zero-order chi connectivity index (χ0) is 14.5. The average Bonchev–Trinajstić information content (AvgIpc) is 2.44. The van der Waals surface area contributed by atoms with Gasteiger partial charge in [0.25, 0.3) is 0 Å². The molecule has 2 rings (SSSR count). The van der Waals surface area contributed by atoms with Crippen LogP contribution in [0.2, 0.25) is 0 Å². The van der Waals surface area contributed by atoms with Crippen LogP contribution in [0.4, 0.5) is 0 Å². The fraction of sp³-hybridized carbons (Fsp3) is 0.938. The number of halogens is 1. The van der Waals surface area contributed by atoms with Gasteiger partial charge in [-0.3, -0.25) is 9.69 Å². The van der Waals surface area contributed by atoms with E-state index in [0.29, 0.717) is 12.1 Å². The second-order valence-electron chi connectivity index (χ2n) is 6.91. The van der Waals surface area contributed by atoms with Gasteiger partial charge < -0.3 is 10.6 Å². The SMILES string of the molecule is CC1CCCN(C(C)CNC(=O)[C@H]2CCN[C@@H](C)C2)C1.Cl. The van der Waals surface area contributed by atoms with Crippen molar-refractivity contribution >= 4 is 18.3 Å². The number of hydrogen-bond donors (Lipinski definition) is 2. The number of nitrogens with zero attached hydrogens (tertiary/aromatic N) is 1. The van der Waals surface area contributed by atoms with E-state index in [4.69, 9.17) is 0 Å². The van der Waals surface area contributed by atoms with E-state index in [0.717, 1.165) is 31.8 Å². The molecule has 2 fully saturated rings. The third kappa shape index (κ3) is 5.76. The van der Waals surface area contributed by atoms with Gasteiger partial charge in [0.2, 0.25) is 5.91 Å². The molecule has 0 aromatic rings. The minimum Gasteiger partial charge on any atom is -0.354 e. The van der Waals surface area contributed by atoms with Gasteiger partial charge in [0.15, 0.2) is 0 Å². The molecule has 0 spiro atoms. The van der Waals surface area contributed by atoms with E-state index in [1.807, 2.05) is 0 Å². The summed E-state index contributed by atoms with van der Waals surface area (Å²) >= 11 is 0. The Morgan fingerprint density at radius 1 is 1.38 bits per heavy atom. The minimum absolute atomic E-state index is 0. The van der Waals surface area contributed by atoms with Gasteiger partial charge in [0, 0.05) is 31.1 Å². The summed E-state index contributed by atoms with van der Waals surface area (Å²) in [5.41, 5.74) is 0. The molecule has 2 aliphatic heterocycles. The first-order valence-corrected chi connectivity index (χ1v) is 8.31. The van der Waals surface area contributed by atoms with Gasteiger partial charge in [0.1, 0.15) is 0 Å². The van der Waals surface area contributed by atoms with Gasteiger partial charge >= 0.3 is 0 Å². The van der Waals surface area contributed by atoms with Gasteiger partial charge in [-0.05, 0) is 58.5 Å². The largest absolute Gasteiger partial charge is 0.354 e. The number of carbonyl (C=O) groups excluding carboxylic acids is 1. The highest BCUT2D eigenvalue weighted by molar-refractivity contribution is 5.85. The van der Waals surface area contributed by atoms with E-state index >= 15 is 0 Å². The van der Waals surface area contributed by atoms with Gasteiger partial charge in [0.05, 0.1) is 0 Å². The Labute approximate surface area is 135 Å². The van der Waals surface area contributed by atoms with Gasteiger partial charge in [-0.2, -0.15) is 0 Å². The Kier molecular flexibility index (Phi) is 7.99. The van der Waals surface area contributed by atoms with Crippen molar-refractivity contribution in [3.8, 4) is 0 Å². The molecule has 5 heteroatoms. The van der Waals surface area contributed by atoms with Crippen LogP contribution in [0.3, 0.4) is 0 Å². The summed E-state index contributed by atoms with van der Waals surface area (Å²) < 4.78 is 0. The van der Waals surface area contributed by atoms with E-state index in [1.165, 1.54) is 25.9 Å². The normalized spacial score (nSPS) is 32.0. The van der Waals surface area contributed by atoms with Crippen LogP contribution in [-0.4, -0.2) is 49.1 Å². The fourth-order valence-corrected chi connectivity index (χ4v) is 3.52. The van der Waals surface area contributed by atoms with Crippen LogP contribution in [0.1, 0.15) is 46.5 Å². The molecular weight excluding hydrogens is 286 g/mol. The molecule has 0 aromatic carbocycles.